The minimum Gasteiger partial charge on any atom is -0.462 e. The largest absolute Gasteiger partial charge is 0.462 e. The lowest BCUT2D eigenvalue weighted by Crippen LogP contribution is -2.69. The van der Waals surface area contributed by atoms with Crippen molar-refractivity contribution in [2.45, 2.75) is 119 Å². The molecule has 0 aliphatic carbocycles. The molecule has 1 fully saturated rings. The Balaban J connectivity index is 2.98. The summed E-state index contributed by atoms with van der Waals surface area (Å²) < 4.78 is 23.0. The number of nitrogens with zero attached hydrogens (tertiary/aromatic N) is 2. The highest BCUT2D eigenvalue weighted by molar-refractivity contribution is 5.87. The Hall–Kier alpha value is -2.72. The number of hydrogen-bond donors (Lipinski definition) is 0. The van der Waals surface area contributed by atoms with Crippen LogP contribution < -0.4 is 0 Å². The first-order valence-electron chi connectivity index (χ1n) is 19.5. The van der Waals surface area contributed by atoms with Crippen LogP contribution in [0.5, 0.6) is 0 Å². The second-order valence-corrected chi connectivity index (χ2v) is 14.9. The van der Waals surface area contributed by atoms with Gasteiger partial charge in [0.1, 0.15) is 64.4 Å². The quantitative estimate of drug-likeness (QED) is 0.0283. The van der Waals surface area contributed by atoms with Gasteiger partial charge in [0.15, 0.2) is 0 Å². The van der Waals surface area contributed by atoms with Gasteiger partial charge in [-0.3, -0.25) is 9.59 Å². The predicted octanol–water partition coefficient (Wildman–Crippen LogP) is 6.95. The summed E-state index contributed by atoms with van der Waals surface area (Å²) in [6.07, 6.45) is 14.6. The molecule has 1 rings (SSSR count). The highest BCUT2D eigenvalue weighted by Crippen LogP contribution is 2.27. The number of rotatable bonds is 28. The van der Waals surface area contributed by atoms with Gasteiger partial charge in [-0.25, -0.2) is 9.59 Å². The third-order valence-corrected chi connectivity index (χ3v) is 10.0. The fraction of sp³-hybridized carbons (Fsp3) is 0.800. The number of carbonyl (C=O) groups is 4. The van der Waals surface area contributed by atoms with Crippen LogP contribution >= 0.6 is 0 Å². The van der Waals surface area contributed by atoms with Crippen LogP contribution in [0, 0.1) is 11.8 Å². The molecule has 0 saturated carbocycles. The van der Waals surface area contributed by atoms with Crippen LogP contribution in [0.15, 0.2) is 24.3 Å². The van der Waals surface area contributed by atoms with Gasteiger partial charge in [0.2, 0.25) is 0 Å². The summed E-state index contributed by atoms with van der Waals surface area (Å²) in [5.74, 6) is -2.09. The first kappa shape index (κ1) is 45.3. The van der Waals surface area contributed by atoms with Gasteiger partial charge in [-0.1, -0.05) is 78.4 Å². The molecule has 0 amide bonds. The zero-order valence-electron chi connectivity index (χ0n) is 32.7. The number of carbonyl (C=O) groups excluding carboxylic acids is 4. The van der Waals surface area contributed by atoms with Crippen LogP contribution in [0.3, 0.4) is 0 Å². The summed E-state index contributed by atoms with van der Waals surface area (Å²) in [4.78, 5) is 49.5. The zero-order valence-corrected chi connectivity index (χ0v) is 32.7. The summed E-state index contributed by atoms with van der Waals surface area (Å²) >= 11 is 0. The van der Waals surface area contributed by atoms with Gasteiger partial charge in [0, 0.05) is 11.1 Å². The number of unbranched alkanes of at least 4 members (excludes halogenated alkanes) is 10. The topological polar surface area (TPSA) is 105 Å². The molecule has 2 atom stereocenters. The van der Waals surface area contributed by atoms with Crippen LogP contribution in [0.2, 0.25) is 0 Å². The lowest BCUT2D eigenvalue weighted by molar-refractivity contribution is -1.03. The summed E-state index contributed by atoms with van der Waals surface area (Å²) in [5, 5.41) is 0. The second kappa shape index (κ2) is 25.3. The van der Waals surface area contributed by atoms with E-state index in [0.717, 1.165) is 61.1 Å². The van der Waals surface area contributed by atoms with Gasteiger partial charge in [0.05, 0.1) is 26.2 Å². The van der Waals surface area contributed by atoms with Crippen molar-refractivity contribution in [1.82, 2.24) is 0 Å². The van der Waals surface area contributed by atoms with E-state index in [1.54, 1.807) is 13.8 Å². The Bertz CT molecular complexity index is 968. The lowest BCUT2D eigenvalue weighted by atomic mass is 10.0. The Kier molecular flexibility index (Phi) is 22.9. The smallest absolute Gasteiger partial charge is 0.333 e. The first-order chi connectivity index (χ1) is 23.8. The molecule has 288 valence electrons. The highest BCUT2D eigenvalue weighted by atomic mass is 16.6. The fourth-order valence-electron chi connectivity index (χ4n) is 6.92. The van der Waals surface area contributed by atoms with Crippen LogP contribution in [-0.4, -0.2) is 112 Å². The molecular formula is C40H72N2O8+2. The van der Waals surface area contributed by atoms with E-state index < -0.39 is 11.9 Å². The molecule has 0 bridgehead atoms. The van der Waals surface area contributed by atoms with E-state index in [2.05, 4.69) is 27.0 Å². The third-order valence-electron chi connectivity index (χ3n) is 10.0. The van der Waals surface area contributed by atoms with Crippen molar-refractivity contribution in [3.8, 4) is 0 Å². The summed E-state index contributed by atoms with van der Waals surface area (Å²) in [6.45, 7) is 26.0. The van der Waals surface area contributed by atoms with Crippen molar-refractivity contribution in [2.24, 2.45) is 11.8 Å². The standard InChI is InChI=1S/C40H72N2O8/c1-9-11-13-15-17-19-21-41(31-35(7)39(45)49-29-27-47-37(43)33(3)4)23-25-42(26-24-41,22-20-18-16-14-12-10-2)32-36(8)40(46)50-30-28-48-38(44)34(5)6/h35-36H,3,5,9-32H2,1-2,4,6-8H3/q+2. The summed E-state index contributed by atoms with van der Waals surface area (Å²) in [5.41, 5.74) is 0.629. The first-order valence-corrected chi connectivity index (χ1v) is 19.5. The summed E-state index contributed by atoms with van der Waals surface area (Å²) in [6, 6.07) is 0. The van der Waals surface area contributed by atoms with Crippen LogP contribution in [-0.2, 0) is 38.1 Å². The Morgan fingerprint density at radius 2 is 0.820 bits per heavy atom. The minimum absolute atomic E-state index is 0.0145. The number of hydrogen-bond acceptors (Lipinski definition) is 8. The predicted molar refractivity (Wildman–Crippen MR) is 198 cm³/mol. The molecule has 2 unspecified atom stereocenters. The molecule has 1 saturated heterocycles. The SMILES string of the molecule is C=C(C)C(=O)OCCOC(=O)C(C)C[N+]1(CCCCCCCC)CC[N+](CCCCCCCC)(CC(C)C(=O)OCCOC(=O)C(=C)C)CC1. The number of esters is 4. The Morgan fingerprint density at radius 3 is 1.14 bits per heavy atom. The van der Waals surface area contributed by atoms with E-state index in [-0.39, 0.29) is 50.2 Å². The molecule has 0 N–H and O–H groups in total. The molecule has 0 aromatic rings. The van der Waals surface area contributed by atoms with Crippen LogP contribution in [0.25, 0.3) is 0 Å². The minimum atomic E-state index is -0.486. The van der Waals surface area contributed by atoms with Crippen molar-refractivity contribution in [1.29, 1.82) is 0 Å². The molecule has 1 aliphatic rings. The molecule has 0 aromatic carbocycles. The van der Waals surface area contributed by atoms with E-state index in [1.807, 2.05) is 13.8 Å². The van der Waals surface area contributed by atoms with Crippen molar-refractivity contribution in [2.75, 3.05) is 78.8 Å². The lowest BCUT2D eigenvalue weighted by Gasteiger charge is -2.51. The van der Waals surface area contributed by atoms with E-state index in [4.69, 9.17) is 18.9 Å². The fourth-order valence-corrected chi connectivity index (χ4v) is 6.92. The van der Waals surface area contributed by atoms with Crippen molar-refractivity contribution < 1.29 is 47.1 Å². The molecule has 0 aromatic heterocycles. The average molecular weight is 709 g/mol. The normalized spacial score (nSPS) is 20.0. The van der Waals surface area contributed by atoms with Crippen LogP contribution in [0.4, 0.5) is 0 Å². The van der Waals surface area contributed by atoms with Crippen molar-refractivity contribution in [3.63, 3.8) is 0 Å². The highest BCUT2D eigenvalue weighted by Gasteiger charge is 2.44. The maximum atomic E-state index is 13.1. The maximum absolute atomic E-state index is 13.1. The number of piperazine rings is 1. The van der Waals surface area contributed by atoms with E-state index in [9.17, 15) is 19.2 Å². The van der Waals surface area contributed by atoms with Gasteiger partial charge >= 0.3 is 23.9 Å². The molecule has 1 heterocycles. The monoisotopic (exact) mass is 709 g/mol. The maximum Gasteiger partial charge on any atom is 0.333 e. The van der Waals surface area contributed by atoms with Gasteiger partial charge in [0.25, 0.3) is 0 Å². The Labute approximate surface area is 304 Å². The third kappa shape index (κ3) is 18.5. The van der Waals surface area contributed by atoms with Gasteiger partial charge in [-0.2, -0.15) is 0 Å². The van der Waals surface area contributed by atoms with Crippen LogP contribution in [0.1, 0.15) is 119 Å². The van der Waals surface area contributed by atoms with Gasteiger partial charge < -0.3 is 27.9 Å². The van der Waals surface area contributed by atoms with Gasteiger partial charge in [-0.05, 0) is 53.4 Å². The van der Waals surface area contributed by atoms with Crippen molar-refractivity contribution >= 4 is 23.9 Å². The molecule has 0 radical (unpaired) electrons. The zero-order chi connectivity index (χ0) is 37.4. The second-order valence-electron chi connectivity index (χ2n) is 14.9. The molecule has 10 nitrogen and oxygen atoms in total. The van der Waals surface area contributed by atoms with Crippen molar-refractivity contribution in [3.05, 3.63) is 24.3 Å². The molecule has 0 spiro atoms. The molecule has 10 heteroatoms. The number of ether oxygens (including phenoxy) is 4. The van der Waals surface area contributed by atoms with E-state index in [0.29, 0.717) is 24.2 Å². The average Bonchev–Trinajstić information content (AvgIpc) is 3.08. The molecule has 50 heavy (non-hydrogen) atoms. The Morgan fingerprint density at radius 1 is 0.520 bits per heavy atom. The van der Waals surface area contributed by atoms with E-state index in [1.165, 1.54) is 64.2 Å². The molecular weight excluding hydrogens is 636 g/mol. The van der Waals surface area contributed by atoms with Gasteiger partial charge in [-0.15, -0.1) is 0 Å². The number of quaternary nitrogens is 2. The van der Waals surface area contributed by atoms with E-state index >= 15 is 0 Å². The molecule has 1 aliphatic heterocycles. The summed E-state index contributed by atoms with van der Waals surface area (Å²) in [7, 11) is 0.